The lowest BCUT2D eigenvalue weighted by Crippen LogP contribution is -2.44. The van der Waals surface area contributed by atoms with E-state index in [1.54, 1.807) is 17.6 Å². The highest BCUT2D eigenvalue weighted by Crippen LogP contribution is 2.34. The number of nitrogens with one attached hydrogen (secondary N) is 2. The van der Waals surface area contributed by atoms with Gasteiger partial charge < -0.3 is 14.9 Å². The van der Waals surface area contributed by atoms with E-state index in [0.717, 1.165) is 12.2 Å². The Hall–Kier alpha value is -1.89. The van der Waals surface area contributed by atoms with Crippen LogP contribution >= 0.6 is 7.60 Å². The minimum atomic E-state index is -3.82. The number of carbonyl (C=O) groups excluding carboxylic acids is 2. The summed E-state index contributed by atoms with van der Waals surface area (Å²) >= 11 is 0. The maximum absolute atomic E-state index is 11.5. The molecule has 3 N–H and O–H groups in total. The van der Waals surface area contributed by atoms with Crippen molar-refractivity contribution in [2.75, 3.05) is 6.66 Å². The van der Waals surface area contributed by atoms with Crippen LogP contribution in [-0.4, -0.2) is 29.6 Å². The number of ether oxygens (including phenoxy) is 1. The standard InChI is InChI=1S/C12H17N2O6P/c1-9(11(15)14-20-21(2,17)18)13-12(16)19-8-10-6-4-3-5-7-10/h3-7,9H,8H2,1-2H3,(H,13,16)(H,14,15)(H,17,18)/t9-/m0/s1. The predicted molar refractivity (Wildman–Crippen MR) is 74.2 cm³/mol. The van der Waals surface area contributed by atoms with Gasteiger partial charge in [-0.05, 0) is 12.5 Å². The van der Waals surface area contributed by atoms with Crippen molar-refractivity contribution in [3.05, 3.63) is 35.9 Å². The van der Waals surface area contributed by atoms with Crippen LogP contribution < -0.4 is 10.8 Å². The highest BCUT2D eigenvalue weighted by Gasteiger charge is 2.19. The summed E-state index contributed by atoms with van der Waals surface area (Å²) in [6, 6.07) is 8.04. The number of carbonyl (C=O) groups is 2. The van der Waals surface area contributed by atoms with E-state index < -0.39 is 25.6 Å². The molecule has 0 saturated carbocycles. The van der Waals surface area contributed by atoms with Crippen molar-refractivity contribution < 1.29 is 28.4 Å². The lowest BCUT2D eigenvalue weighted by molar-refractivity contribution is -0.129. The Labute approximate surface area is 121 Å². The first kappa shape index (κ1) is 17.2. The summed E-state index contributed by atoms with van der Waals surface area (Å²) < 4.78 is 20.0. The van der Waals surface area contributed by atoms with Crippen LogP contribution in [0.15, 0.2) is 30.3 Å². The summed E-state index contributed by atoms with van der Waals surface area (Å²) in [6.07, 6.45) is -0.787. The Kier molecular flexibility index (Phi) is 6.36. The van der Waals surface area contributed by atoms with Gasteiger partial charge >= 0.3 is 13.7 Å². The van der Waals surface area contributed by atoms with Gasteiger partial charge in [0.05, 0.1) is 0 Å². The molecule has 0 spiro atoms. The van der Waals surface area contributed by atoms with Gasteiger partial charge in [0.25, 0.3) is 5.91 Å². The summed E-state index contributed by atoms with van der Waals surface area (Å²) in [5.41, 5.74) is 2.59. The van der Waals surface area contributed by atoms with E-state index >= 15 is 0 Å². The van der Waals surface area contributed by atoms with Crippen LogP contribution in [0.2, 0.25) is 0 Å². The molecule has 2 atom stereocenters. The Balaban J connectivity index is 2.33. The number of hydrogen-bond donors (Lipinski definition) is 3. The Morgan fingerprint density at radius 2 is 1.95 bits per heavy atom. The zero-order valence-electron chi connectivity index (χ0n) is 11.6. The second-order valence-electron chi connectivity index (χ2n) is 4.29. The molecule has 0 aliphatic rings. The fraction of sp³-hybridized carbons (Fsp3) is 0.333. The van der Waals surface area contributed by atoms with Gasteiger partial charge in [0, 0.05) is 6.66 Å². The quantitative estimate of drug-likeness (QED) is 0.536. The van der Waals surface area contributed by atoms with Crippen LogP contribution in [0.25, 0.3) is 0 Å². The van der Waals surface area contributed by atoms with Gasteiger partial charge in [-0.25, -0.2) is 10.3 Å². The van der Waals surface area contributed by atoms with Crippen molar-refractivity contribution in [3.8, 4) is 0 Å². The molecule has 0 aromatic heterocycles. The summed E-state index contributed by atoms with van der Waals surface area (Å²) in [6.45, 7) is 2.36. The third-order valence-corrected chi connectivity index (χ3v) is 2.69. The van der Waals surface area contributed by atoms with E-state index in [-0.39, 0.29) is 6.61 Å². The largest absolute Gasteiger partial charge is 0.445 e. The second-order valence-corrected chi connectivity index (χ2v) is 6.08. The van der Waals surface area contributed by atoms with Crippen LogP contribution in [0.4, 0.5) is 4.79 Å². The molecule has 0 saturated heterocycles. The van der Waals surface area contributed by atoms with Crippen molar-refractivity contribution >= 4 is 19.6 Å². The summed E-state index contributed by atoms with van der Waals surface area (Å²) in [7, 11) is -3.82. The molecular weight excluding hydrogens is 299 g/mol. The number of alkyl carbamates (subject to hydrolysis) is 1. The normalized spacial score (nSPS) is 14.6. The van der Waals surface area contributed by atoms with Gasteiger partial charge in [-0.2, -0.15) is 4.62 Å². The summed E-state index contributed by atoms with van der Waals surface area (Å²) in [4.78, 5) is 31.8. The van der Waals surface area contributed by atoms with Gasteiger partial charge in [-0.15, -0.1) is 0 Å². The highest BCUT2D eigenvalue weighted by molar-refractivity contribution is 7.51. The fourth-order valence-electron chi connectivity index (χ4n) is 1.23. The topological polar surface area (TPSA) is 114 Å². The van der Waals surface area contributed by atoms with Crippen LogP contribution in [0.1, 0.15) is 12.5 Å². The van der Waals surface area contributed by atoms with Crippen LogP contribution in [-0.2, 0) is 25.3 Å². The molecule has 116 valence electrons. The number of rotatable bonds is 6. The number of benzene rings is 1. The first-order chi connectivity index (χ1) is 9.78. The average molecular weight is 316 g/mol. The molecule has 9 heteroatoms. The summed E-state index contributed by atoms with van der Waals surface area (Å²) in [5.74, 6) is -0.775. The van der Waals surface area contributed by atoms with Crippen molar-refractivity contribution in [2.24, 2.45) is 0 Å². The van der Waals surface area contributed by atoms with Gasteiger partial charge in [0.15, 0.2) is 0 Å². The zero-order chi connectivity index (χ0) is 15.9. The number of hydroxylamine groups is 1. The molecule has 2 amide bonds. The molecule has 0 fully saturated rings. The predicted octanol–water partition coefficient (Wildman–Crippen LogP) is 1.16. The van der Waals surface area contributed by atoms with E-state index in [1.165, 1.54) is 6.92 Å². The maximum atomic E-state index is 11.5. The number of amides is 2. The smallest absolute Gasteiger partial charge is 0.408 e. The van der Waals surface area contributed by atoms with Crippen LogP contribution in [0.5, 0.6) is 0 Å². The molecule has 0 heterocycles. The Bertz CT molecular complexity index is 530. The molecule has 21 heavy (non-hydrogen) atoms. The Morgan fingerprint density at radius 3 is 2.52 bits per heavy atom. The summed E-state index contributed by atoms with van der Waals surface area (Å²) in [5, 5.41) is 2.26. The van der Waals surface area contributed by atoms with Gasteiger partial charge in [0.2, 0.25) is 0 Å². The lowest BCUT2D eigenvalue weighted by Gasteiger charge is -2.14. The van der Waals surface area contributed by atoms with E-state index in [2.05, 4.69) is 9.94 Å². The minimum Gasteiger partial charge on any atom is -0.445 e. The average Bonchev–Trinajstić information content (AvgIpc) is 2.42. The lowest BCUT2D eigenvalue weighted by atomic mass is 10.2. The molecule has 8 nitrogen and oxygen atoms in total. The van der Waals surface area contributed by atoms with E-state index in [0.29, 0.717) is 0 Å². The monoisotopic (exact) mass is 316 g/mol. The first-order valence-electron chi connectivity index (χ1n) is 6.04. The van der Waals surface area contributed by atoms with Crippen LogP contribution in [0.3, 0.4) is 0 Å². The van der Waals surface area contributed by atoms with Crippen molar-refractivity contribution in [1.82, 2.24) is 10.8 Å². The zero-order valence-corrected chi connectivity index (χ0v) is 12.5. The maximum Gasteiger partial charge on any atom is 0.408 e. The molecule has 0 radical (unpaired) electrons. The molecule has 1 aromatic rings. The third-order valence-electron chi connectivity index (χ3n) is 2.26. The van der Waals surface area contributed by atoms with Gasteiger partial charge in [-0.1, -0.05) is 30.3 Å². The molecule has 1 unspecified atom stereocenters. The van der Waals surface area contributed by atoms with Gasteiger partial charge in [-0.3, -0.25) is 9.36 Å². The molecular formula is C12H17N2O6P. The third kappa shape index (κ3) is 7.45. The number of hydrogen-bond acceptors (Lipinski definition) is 5. The fourth-order valence-corrected chi connectivity index (χ4v) is 1.48. The van der Waals surface area contributed by atoms with Gasteiger partial charge in [0.1, 0.15) is 12.6 Å². The molecule has 1 rings (SSSR count). The Morgan fingerprint density at radius 1 is 1.33 bits per heavy atom. The van der Waals surface area contributed by atoms with Crippen molar-refractivity contribution in [3.63, 3.8) is 0 Å². The van der Waals surface area contributed by atoms with Crippen molar-refractivity contribution in [2.45, 2.75) is 19.6 Å². The van der Waals surface area contributed by atoms with E-state index in [4.69, 9.17) is 9.63 Å². The highest BCUT2D eigenvalue weighted by atomic mass is 31.2. The van der Waals surface area contributed by atoms with Crippen molar-refractivity contribution in [1.29, 1.82) is 0 Å². The molecule has 0 bridgehead atoms. The minimum absolute atomic E-state index is 0.0678. The molecule has 0 aliphatic heterocycles. The molecule has 0 aliphatic carbocycles. The SMILES string of the molecule is C[C@H](NC(=O)OCc1ccccc1)C(=O)NOP(C)(=O)O. The van der Waals surface area contributed by atoms with E-state index in [9.17, 15) is 14.2 Å². The first-order valence-corrected chi connectivity index (χ1v) is 8.06. The second kappa shape index (κ2) is 7.78. The van der Waals surface area contributed by atoms with E-state index in [1.807, 2.05) is 18.2 Å². The van der Waals surface area contributed by atoms with Crippen LogP contribution in [0, 0.1) is 0 Å². The molecule has 1 aromatic carbocycles.